The topological polar surface area (TPSA) is 107 Å². The SMILES string of the molecule is C=CCN(C(=O)C1N([C@@H](CO)C(C)C)C(=O)[C@@H]2[C@@H](C(=O)O)[C@@H]3OC12CC3Br)c1cc(C)ccc1C. The molecular weight excluding hydrogens is 516 g/mol. The summed E-state index contributed by atoms with van der Waals surface area (Å²) in [7, 11) is 0. The van der Waals surface area contributed by atoms with Crippen molar-refractivity contribution >= 4 is 39.4 Å². The highest BCUT2D eigenvalue weighted by Crippen LogP contribution is 2.60. The fraction of sp³-hybridized carbons (Fsp3) is 0.577. The molecule has 3 heterocycles. The van der Waals surface area contributed by atoms with Gasteiger partial charge in [0.1, 0.15) is 11.6 Å². The number of amides is 2. The first-order valence-electron chi connectivity index (χ1n) is 12.0. The van der Waals surface area contributed by atoms with Gasteiger partial charge >= 0.3 is 5.97 Å². The molecule has 0 radical (unpaired) electrons. The Morgan fingerprint density at radius 1 is 1.37 bits per heavy atom. The summed E-state index contributed by atoms with van der Waals surface area (Å²) in [6, 6.07) is 4.08. The highest BCUT2D eigenvalue weighted by atomic mass is 79.9. The number of fused-ring (bicyclic) bond motifs is 1. The lowest BCUT2D eigenvalue weighted by atomic mass is 9.70. The van der Waals surface area contributed by atoms with Gasteiger partial charge in [0.25, 0.3) is 5.91 Å². The van der Waals surface area contributed by atoms with Gasteiger partial charge in [0.15, 0.2) is 0 Å². The predicted molar refractivity (Wildman–Crippen MR) is 134 cm³/mol. The smallest absolute Gasteiger partial charge is 0.310 e. The zero-order chi connectivity index (χ0) is 25.8. The number of hydrogen-bond donors (Lipinski definition) is 2. The second-order valence-corrected chi connectivity index (χ2v) is 11.4. The number of aliphatic hydroxyl groups excluding tert-OH is 1. The molecule has 2 bridgehead atoms. The van der Waals surface area contributed by atoms with Crippen molar-refractivity contribution in [1.82, 2.24) is 4.90 Å². The molecule has 2 amide bonds. The average Bonchev–Trinajstić information content (AvgIpc) is 3.38. The Morgan fingerprint density at radius 2 is 2.06 bits per heavy atom. The van der Waals surface area contributed by atoms with Crippen LogP contribution < -0.4 is 4.90 Å². The van der Waals surface area contributed by atoms with E-state index in [1.54, 1.807) is 11.0 Å². The molecule has 1 spiro atoms. The number of benzene rings is 1. The van der Waals surface area contributed by atoms with E-state index in [2.05, 4.69) is 22.5 Å². The molecule has 3 saturated heterocycles. The van der Waals surface area contributed by atoms with E-state index in [-0.39, 0.29) is 29.8 Å². The van der Waals surface area contributed by atoms with Gasteiger partial charge in [0.05, 0.1) is 30.6 Å². The number of carboxylic acids is 1. The Morgan fingerprint density at radius 3 is 2.63 bits per heavy atom. The van der Waals surface area contributed by atoms with Crippen molar-refractivity contribution in [3.63, 3.8) is 0 Å². The first kappa shape index (κ1) is 25.9. The van der Waals surface area contributed by atoms with Crippen molar-refractivity contribution in [2.75, 3.05) is 18.1 Å². The summed E-state index contributed by atoms with van der Waals surface area (Å²) >= 11 is 3.56. The third-order valence-electron chi connectivity index (χ3n) is 7.79. The van der Waals surface area contributed by atoms with Crippen LogP contribution in [0.3, 0.4) is 0 Å². The standard InChI is InChI=1S/C26H33BrN2O6/c1-6-9-28(17-10-14(4)7-8-15(17)5)24(32)22-26-11-16(27)21(35-26)19(25(33)34)20(26)23(31)29(22)18(12-30)13(2)3/h6-8,10,13,16,18-22,30H,1,9,11-12H2,2-5H3,(H,33,34)/t16?,18-,19+,20-,21+,22?,26?/m0/s1. The van der Waals surface area contributed by atoms with Crippen molar-refractivity contribution in [2.45, 2.75) is 62.7 Å². The molecule has 4 rings (SSSR count). The number of carboxylic acid groups (broad SMARTS) is 1. The summed E-state index contributed by atoms with van der Waals surface area (Å²) in [5.41, 5.74) is 1.26. The number of ether oxygens (including phenoxy) is 1. The minimum absolute atomic E-state index is 0.164. The highest BCUT2D eigenvalue weighted by molar-refractivity contribution is 9.09. The Labute approximate surface area is 214 Å². The molecule has 7 atom stereocenters. The van der Waals surface area contributed by atoms with Crippen LogP contribution in [0.4, 0.5) is 5.69 Å². The van der Waals surface area contributed by atoms with Crippen LogP contribution >= 0.6 is 15.9 Å². The van der Waals surface area contributed by atoms with Crippen LogP contribution in [0.1, 0.15) is 31.4 Å². The van der Waals surface area contributed by atoms with Gasteiger partial charge in [0.2, 0.25) is 5.91 Å². The number of nitrogens with zero attached hydrogens (tertiary/aromatic N) is 2. The first-order valence-corrected chi connectivity index (χ1v) is 12.9. The Hall–Kier alpha value is -2.23. The van der Waals surface area contributed by atoms with Gasteiger partial charge in [-0.1, -0.05) is 48.0 Å². The lowest BCUT2D eigenvalue weighted by Crippen LogP contribution is -2.60. The predicted octanol–water partition coefficient (Wildman–Crippen LogP) is 2.67. The van der Waals surface area contributed by atoms with Gasteiger partial charge < -0.3 is 24.7 Å². The van der Waals surface area contributed by atoms with Crippen molar-refractivity contribution in [3.8, 4) is 0 Å². The van der Waals surface area contributed by atoms with Gasteiger partial charge in [-0.2, -0.15) is 0 Å². The van der Waals surface area contributed by atoms with Crippen LogP contribution in [-0.2, 0) is 19.1 Å². The number of carbonyl (C=O) groups excluding carboxylic acids is 2. The number of rotatable bonds is 8. The zero-order valence-electron chi connectivity index (χ0n) is 20.5. The molecule has 3 aliphatic heterocycles. The Bertz CT molecular complexity index is 1060. The molecule has 2 N–H and O–H groups in total. The molecule has 1 aromatic carbocycles. The monoisotopic (exact) mass is 548 g/mol. The maximum absolute atomic E-state index is 14.5. The van der Waals surface area contributed by atoms with E-state index in [1.165, 1.54) is 4.90 Å². The molecule has 3 aliphatic rings. The molecule has 35 heavy (non-hydrogen) atoms. The van der Waals surface area contributed by atoms with Crippen LogP contribution in [-0.4, -0.2) is 74.7 Å². The molecule has 3 unspecified atom stereocenters. The molecule has 1 aromatic rings. The zero-order valence-corrected chi connectivity index (χ0v) is 22.1. The van der Waals surface area contributed by atoms with E-state index in [0.29, 0.717) is 12.1 Å². The highest BCUT2D eigenvalue weighted by Gasteiger charge is 2.77. The first-order chi connectivity index (χ1) is 16.5. The second kappa shape index (κ2) is 9.33. The van der Waals surface area contributed by atoms with E-state index in [0.717, 1.165) is 11.1 Å². The van der Waals surface area contributed by atoms with Crippen molar-refractivity contribution in [2.24, 2.45) is 17.8 Å². The fourth-order valence-corrected chi connectivity index (χ4v) is 7.14. The summed E-state index contributed by atoms with van der Waals surface area (Å²) in [4.78, 5) is 43.4. The van der Waals surface area contributed by atoms with Crippen LogP contribution in [0.2, 0.25) is 0 Å². The Balaban J connectivity index is 1.89. The maximum Gasteiger partial charge on any atom is 0.310 e. The molecule has 0 saturated carbocycles. The number of aliphatic hydroxyl groups is 1. The average molecular weight is 549 g/mol. The summed E-state index contributed by atoms with van der Waals surface area (Å²) in [5.74, 6) is -4.14. The Kier molecular flexibility index (Phi) is 6.89. The second-order valence-electron chi connectivity index (χ2n) is 10.3. The van der Waals surface area contributed by atoms with Crippen molar-refractivity contribution < 1.29 is 29.3 Å². The van der Waals surface area contributed by atoms with E-state index in [1.807, 2.05) is 45.9 Å². The summed E-state index contributed by atoms with van der Waals surface area (Å²) in [6.45, 7) is 11.3. The number of aryl methyl sites for hydroxylation is 2. The summed E-state index contributed by atoms with van der Waals surface area (Å²) in [5, 5.41) is 20.3. The van der Waals surface area contributed by atoms with Crippen LogP contribution in [0.5, 0.6) is 0 Å². The van der Waals surface area contributed by atoms with Gasteiger partial charge in [-0.05, 0) is 43.4 Å². The lowest BCUT2D eigenvalue weighted by Gasteiger charge is -2.40. The number of anilines is 1. The van der Waals surface area contributed by atoms with Crippen LogP contribution in [0.25, 0.3) is 0 Å². The van der Waals surface area contributed by atoms with Crippen molar-refractivity contribution in [1.29, 1.82) is 0 Å². The third kappa shape index (κ3) is 3.83. The van der Waals surface area contributed by atoms with Crippen LogP contribution in [0, 0.1) is 31.6 Å². The van der Waals surface area contributed by atoms with Crippen molar-refractivity contribution in [3.05, 3.63) is 42.0 Å². The normalized spacial score (nSPS) is 32.1. The van der Waals surface area contributed by atoms with E-state index in [4.69, 9.17) is 4.74 Å². The number of aliphatic carboxylic acids is 1. The molecule has 190 valence electrons. The number of carbonyl (C=O) groups is 3. The van der Waals surface area contributed by atoms with E-state index >= 15 is 0 Å². The van der Waals surface area contributed by atoms with Gasteiger partial charge in [0, 0.05) is 17.1 Å². The number of hydrogen-bond acceptors (Lipinski definition) is 5. The summed E-state index contributed by atoms with van der Waals surface area (Å²) < 4.78 is 6.35. The lowest BCUT2D eigenvalue weighted by molar-refractivity contribution is -0.151. The quantitative estimate of drug-likeness (QED) is 0.382. The maximum atomic E-state index is 14.5. The summed E-state index contributed by atoms with van der Waals surface area (Å²) in [6.07, 6.45) is 1.25. The molecule has 8 nitrogen and oxygen atoms in total. The number of likely N-dealkylation sites (tertiary alicyclic amines) is 1. The van der Waals surface area contributed by atoms with Crippen LogP contribution in [0.15, 0.2) is 30.9 Å². The van der Waals surface area contributed by atoms with Gasteiger partial charge in [-0.25, -0.2) is 0 Å². The largest absolute Gasteiger partial charge is 0.481 e. The molecule has 0 aliphatic carbocycles. The fourth-order valence-electron chi connectivity index (χ4n) is 6.20. The molecular formula is C26H33BrN2O6. The number of alkyl halides is 1. The molecule has 0 aromatic heterocycles. The minimum Gasteiger partial charge on any atom is -0.481 e. The number of halogens is 1. The van der Waals surface area contributed by atoms with Gasteiger partial charge in [-0.15, -0.1) is 6.58 Å². The third-order valence-corrected chi connectivity index (χ3v) is 8.64. The molecule has 3 fully saturated rings. The van der Waals surface area contributed by atoms with E-state index in [9.17, 15) is 24.6 Å². The minimum atomic E-state index is -1.30. The van der Waals surface area contributed by atoms with Gasteiger partial charge in [-0.3, -0.25) is 14.4 Å². The molecule has 9 heteroatoms. The van der Waals surface area contributed by atoms with E-state index < -0.39 is 47.5 Å².